The summed E-state index contributed by atoms with van der Waals surface area (Å²) in [5.41, 5.74) is 1.29. The minimum atomic E-state index is -4.45. The molecule has 1 amide bonds. The van der Waals surface area contributed by atoms with E-state index in [1.165, 1.54) is 24.1 Å². The van der Waals surface area contributed by atoms with Crippen LogP contribution in [0.1, 0.15) is 40.0 Å². The molecule has 3 aliphatic rings. The Balaban J connectivity index is 1.07. The van der Waals surface area contributed by atoms with Crippen molar-refractivity contribution in [1.82, 2.24) is 29.5 Å². The average molecular weight is 556 g/mol. The number of fused-ring (bicyclic) bond motifs is 3. The van der Waals surface area contributed by atoms with Gasteiger partial charge >= 0.3 is 12.1 Å². The number of methoxy groups -OCH3 is 1. The van der Waals surface area contributed by atoms with E-state index in [2.05, 4.69) is 24.9 Å². The molecule has 3 aliphatic heterocycles. The fraction of sp³-hybridized carbons (Fsp3) is 0.444. The van der Waals surface area contributed by atoms with E-state index < -0.39 is 17.7 Å². The third-order valence-electron chi connectivity index (χ3n) is 7.87. The lowest BCUT2D eigenvalue weighted by molar-refractivity contribution is -0.138. The van der Waals surface area contributed by atoms with E-state index in [9.17, 15) is 22.8 Å². The molecule has 0 aromatic carbocycles. The Hall–Kier alpha value is -4.00. The van der Waals surface area contributed by atoms with Gasteiger partial charge in [0.1, 0.15) is 5.82 Å². The van der Waals surface area contributed by atoms with Gasteiger partial charge in [0.05, 0.1) is 30.5 Å². The maximum atomic E-state index is 13.3. The number of halogens is 3. The second kappa shape index (κ2) is 10.2. The molecule has 13 heteroatoms. The molecule has 0 radical (unpaired) electrons. The number of esters is 1. The summed E-state index contributed by atoms with van der Waals surface area (Å²) in [6, 6.07) is 6.34. The molecule has 0 aliphatic carbocycles. The molecule has 3 aromatic heterocycles. The van der Waals surface area contributed by atoms with Gasteiger partial charge in [0, 0.05) is 68.8 Å². The fourth-order valence-corrected chi connectivity index (χ4v) is 5.90. The highest BCUT2D eigenvalue weighted by molar-refractivity contribution is 5.89. The second-order valence-corrected chi connectivity index (χ2v) is 10.4. The lowest BCUT2D eigenvalue weighted by atomic mass is 10.1. The monoisotopic (exact) mass is 555 g/mol. The van der Waals surface area contributed by atoms with Crippen molar-refractivity contribution in [2.24, 2.45) is 0 Å². The Kier molecular flexibility index (Phi) is 6.69. The Morgan fingerprint density at radius 2 is 1.75 bits per heavy atom. The topological polar surface area (TPSA) is 96.7 Å². The zero-order valence-corrected chi connectivity index (χ0v) is 21.8. The number of likely N-dealkylation sites (tertiary alicyclic amines) is 1. The molecule has 0 N–H and O–H groups in total. The van der Waals surface area contributed by atoms with Gasteiger partial charge in [-0.2, -0.15) is 18.3 Å². The lowest BCUT2D eigenvalue weighted by Gasteiger charge is -2.42. The first-order chi connectivity index (χ1) is 19.2. The number of anilines is 1. The normalized spacial score (nSPS) is 20.9. The number of amides is 1. The number of hydrogen-bond donors (Lipinski definition) is 0. The van der Waals surface area contributed by atoms with Crippen molar-refractivity contribution in [1.29, 1.82) is 0 Å². The van der Waals surface area contributed by atoms with Crippen LogP contribution in [0.5, 0.6) is 0 Å². The first-order valence-electron chi connectivity index (χ1n) is 13.1. The molecule has 6 heterocycles. The van der Waals surface area contributed by atoms with Crippen LogP contribution in [0.3, 0.4) is 0 Å². The van der Waals surface area contributed by atoms with Crippen LogP contribution in [-0.2, 0) is 28.7 Å². The van der Waals surface area contributed by atoms with Crippen LogP contribution in [-0.4, -0.2) is 86.8 Å². The summed E-state index contributed by atoms with van der Waals surface area (Å²) >= 11 is 0. The zero-order chi connectivity index (χ0) is 28.0. The van der Waals surface area contributed by atoms with Crippen molar-refractivity contribution >= 4 is 17.7 Å². The van der Waals surface area contributed by atoms with E-state index >= 15 is 0 Å². The van der Waals surface area contributed by atoms with Gasteiger partial charge in [-0.05, 0) is 37.1 Å². The molecule has 0 saturated carbocycles. The Morgan fingerprint density at radius 3 is 2.38 bits per heavy atom. The van der Waals surface area contributed by atoms with Crippen LogP contribution in [0.2, 0.25) is 0 Å². The number of alkyl halides is 3. The fourth-order valence-electron chi connectivity index (χ4n) is 5.90. The highest BCUT2D eigenvalue weighted by Crippen LogP contribution is 2.34. The predicted octanol–water partition coefficient (Wildman–Crippen LogP) is 2.71. The summed E-state index contributed by atoms with van der Waals surface area (Å²) in [4.78, 5) is 39.7. The minimum Gasteiger partial charge on any atom is -0.465 e. The van der Waals surface area contributed by atoms with Crippen LogP contribution in [0.15, 0.2) is 42.9 Å². The molecule has 2 bridgehead atoms. The van der Waals surface area contributed by atoms with Crippen molar-refractivity contribution in [2.45, 2.75) is 44.1 Å². The van der Waals surface area contributed by atoms with Crippen molar-refractivity contribution in [3.8, 4) is 5.82 Å². The molecule has 2 unspecified atom stereocenters. The first-order valence-corrected chi connectivity index (χ1v) is 13.1. The Bertz CT molecular complexity index is 1390. The summed E-state index contributed by atoms with van der Waals surface area (Å²) in [5, 5.41) is 4.49. The van der Waals surface area contributed by atoms with E-state index in [1.54, 1.807) is 12.3 Å². The molecule has 210 valence electrons. The summed E-state index contributed by atoms with van der Waals surface area (Å²) in [6.07, 6.45) is 2.22. The first kappa shape index (κ1) is 26.2. The van der Waals surface area contributed by atoms with E-state index in [0.29, 0.717) is 37.4 Å². The molecule has 2 saturated heterocycles. The summed E-state index contributed by atoms with van der Waals surface area (Å²) in [7, 11) is 1.34. The lowest BCUT2D eigenvalue weighted by Crippen LogP contribution is -2.56. The molecule has 2 fully saturated rings. The van der Waals surface area contributed by atoms with E-state index in [0.717, 1.165) is 55.3 Å². The van der Waals surface area contributed by atoms with Gasteiger partial charge in [-0.3, -0.25) is 9.69 Å². The van der Waals surface area contributed by atoms with Crippen LogP contribution in [0.4, 0.5) is 19.0 Å². The number of carbonyl (C=O) groups is 2. The standard InChI is InChI=1S/C27H28F3N7O3/c1-40-26(39)17-2-6-24(31-10-17)37-20-4-5-21(37)15-34(14-20)16-25(38)35-9-8-22-18(12-35)13-36(33-22)23-7-3-19(11-32-23)27(28,29)30/h2-3,6-7,10-11,13,20-21H,4-5,8-9,12,14-16H2,1H3. The summed E-state index contributed by atoms with van der Waals surface area (Å²) < 4.78 is 44.8. The van der Waals surface area contributed by atoms with Crippen molar-refractivity contribution in [3.05, 3.63) is 65.2 Å². The minimum absolute atomic E-state index is 0.0412. The molecular weight excluding hydrogens is 527 g/mol. The van der Waals surface area contributed by atoms with Crippen LogP contribution >= 0.6 is 0 Å². The van der Waals surface area contributed by atoms with Crippen LogP contribution in [0, 0.1) is 0 Å². The molecule has 40 heavy (non-hydrogen) atoms. The van der Waals surface area contributed by atoms with Crippen LogP contribution in [0.25, 0.3) is 5.82 Å². The molecule has 10 nitrogen and oxygen atoms in total. The Labute approximate surface area is 228 Å². The smallest absolute Gasteiger partial charge is 0.417 e. The zero-order valence-electron chi connectivity index (χ0n) is 21.8. The SMILES string of the molecule is COC(=O)c1ccc(N2C3CCC2CN(CC(=O)N2CCc4nn(-c5ccc(C(F)(F)F)cn5)cc4C2)C3)nc1. The van der Waals surface area contributed by atoms with Gasteiger partial charge in [-0.1, -0.05) is 0 Å². The van der Waals surface area contributed by atoms with Crippen molar-refractivity contribution in [3.63, 3.8) is 0 Å². The number of rotatable bonds is 5. The van der Waals surface area contributed by atoms with Crippen molar-refractivity contribution < 1.29 is 27.5 Å². The maximum absolute atomic E-state index is 13.3. The summed E-state index contributed by atoms with van der Waals surface area (Å²) in [6.45, 7) is 2.75. The third kappa shape index (κ3) is 5.01. The molecule has 2 atom stereocenters. The average Bonchev–Trinajstić information content (AvgIpc) is 3.50. The maximum Gasteiger partial charge on any atom is 0.417 e. The van der Waals surface area contributed by atoms with E-state index in [1.807, 2.05) is 11.0 Å². The van der Waals surface area contributed by atoms with Gasteiger partial charge in [0.2, 0.25) is 5.91 Å². The van der Waals surface area contributed by atoms with Crippen LogP contribution < -0.4 is 4.90 Å². The number of ether oxygens (including phenoxy) is 1. The molecule has 6 rings (SSSR count). The number of piperazine rings is 1. The number of hydrogen-bond acceptors (Lipinski definition) is 8. The molecule has 0 spiro atoms. The molecule has 3 aromatic rings. The Morgan fingerprint density at radius 1 is 1.02 bits per heavy atom. The number of pyridine rings is 2. The number of nitrogens with zero attached hydrogens (tertiary/aromatic N) is 7. The highest BCUT2D eigenvalue weighted by atomic mass is 19.4. The molecular formula is C27H28F3N7O3. The van der Waals surface area contributed by atoms with E-state index in [-0.39, 0.29) is 18.0 Å². The quantitative estimate of drug-likeness (QED) is 0.444. The largest absolute Gasteiger partial charge is 0.465 e. The second-order valence-electron chi connectivity index (χ2n) is 10.4. The van der Waals surface area contributed by atoms with Crippen molar-refractivity contribution in [2.75, 3.05) is 38.2 Å². The van der Waals surface area contributed by atoms with Gasteiger partial charge in [-0.25, -0.2) is 19.4 Å². The third-order valence-corrected chi connectivity index (χ3v) is 7.87. The van der Waals surface area contributed by atoms with Gasteiger partial charge < -0.3 is 14.5 Å². The number of carbonyl (C=O) groups excluding carboxylic acids is 2. The highest BCUT2D eigenvalue weighted by Gasteiger charge is 2.41. The van der Waals surface area contributed by atoms with Gasteiger partial charge in [0.25, 0.3) is 0 Å². The predicted molar refractivity (Wildman–Crippen MR) is 137 cm³/mol. The van der Waals surface area contributed by atoms with E-state index in [4.69, 9.17) is 4.74 Å². The number of aromatic nitrogens is 4. The summed E-state index contributed by atoms with van der Waals surface area (Å²) in [5.74, 6) is 0.746. The van der Waals surface area contributed by atoms with Gasteiger partial charge in [-0.15, -0.1) is 0 Å². The van der Waals surface area contributed by atoms with Gasteiger partial charge in [0.15, 0.2) is 5.82 Å².